The molecule has 26 N–H and O–H groups in total. The molecule has 118 heavy (non-hydrogen) atoms. The number of phenolic OH excluding ortho intramolecular Hbond substituents is 1. The van der Waals surface area contributed by atoms with Crippen LogP contribution in [0.3, 0.4) is 0 Å². The largest absolute Gasteiger partial charge is 0.508 e. The molecule has 0 bridgehead atoms. The van der Waals surface area contributed by atoms with E-state index < -0.39 is 224 Å². The van der Waals surface area contributed by atoms with Gasteiger partial charge in [0.15, 0.2) is 6.10 Å². The molecular weight excluding hydrogens is 1540 g/mol. The fraction of sp³-hybridized carbons (Fsp3) is 0.744. The first-order valence-corrected chi connectivity index (χ1v) is 41.4. The van der Waals surface area contributed by atoms with E-state index in [1.165, 1.54) is 49.9 Å². The molecule has 1 aromatic carbocycles. The molecule has 3 aliphatic heterocycles. The number of carbonyl (C=O) groups is 14. The van der Waals surface area contributed by atoms with Crippen molar-refractivity contribution in [1.29, 1.82) is 0 Å². The Morgan fingerprint density at radius 3 is 1.65 bits per heavy atom. The standard InChI is InChI=1S/C78H134N18O22/c1-8-9-10-11-12-13-14-15-16-17-18-24-58-70(109)90-63(47(6)98)72(111)85-45(4)67(106)87-53(39-49-25-27-50(100)28-26-49)68(107)89-61(44(2)3)76(115)96-43-51(101)40-55(96)69(108)91-64(48(7)99)77(116)95-36-29-56(102)66(95)74(113)92-65(57(103)41-59(83)104)71(110)84-42-60(105)88-62(46(5)97)73(112)86-52(78(117)118-58)22-20-34-94(35-21-31-80)75(114)54(23-19-30-79)93(37-32-81)38-33-82/h25-28,44-48,51-58,61-66,97-103H,8-24,29-43,79-82H2,1-7H3,(H2,83,104)(H,84,110)(H,85,111)(H,86,112)(H,87,106)(H,88,105)(H,89,107)(H,90,109)(H,91,108)(H,92,113)/t45-,46-,47-,48-,51-,52+,53+,54+,55+,56+,57-,58-,61+,62-,63+,64+,65+,66-/m1/s1. The highest BCUT2D eigenvalue weighted by Gasteiger charge is 2.49. The number of aliphatic hydroxyl groups is 6. The fourth-order valence-corrected chi connectivity index (χ4v) is 14.4. The van der Waals surface area contributed by atoms with Crippen molar-refractivity contribution in [2.45, 2.75) is 292 Å². The lowest BCUT2D eigenvalue weighted by Gasteiger charge is -2.35. The van der Waals surface area contributed by atoms with E-state index in [2.05, 4.69) is 54.8 Å². The Labute approximate surface area is 689 Å². The van der Waals surface area contributed by atoms with Crippen LogP contribution in [-0.4, -0.2) is 319 Å². The van der Waals surface area contributed by atoms with Crippen LogP contribution < -0.4 is 76.5 Å². The van der Waals surface area contributed by atoms with Gasteiger partial charge in [0.1, 0.15) is 66.2 Å². The number of ether oxygens (including phenoxy) is 1. The number of fused-ring (bicyclic) bond motifs is 2. The van der Waals surface area contributed by atoms with Crippen molar-refractivity contribution in [3.05, 3.63) is 29.8 Å². The molecule has 3 aliphatic rings. The van der Waals surface area contributed by atoms with Gasteiger partial charge in [0.25, 0.3) is 5.91 Å². The Morgan fingerprint density at radius 2 is 1.08 bits per heavy atom. The van der Waals surface area contributed by atoms with Gasteiger partial charge in [-0.05, 0) is 116 Å². The number of phenols is 1. The summed E-state index contributed by atoms with van der Waals surface area (Å²) >= 11 is 0. The van der Waals surface area contributed by atoms with Gasteiger partial charge in [-0.25, -0.2) is 4.79 Å². The number of primary amides is 1. The SMILES string of the molecule is CCCCCCCCCCCCC[C@H]1OC(=O)[C@H](CCCN(CCCN)C(=O)[C@H](CCCN)N(CCN)CCN)NC(=O)[C@@H]([C@@H](C)O)NC(=O)CNC(=O)[C@H]([C@H](O)CC(N)=O)NC(=O)[C@H]2[C@@H](O)CCN2C(=O)[C@H]([C@@H](C)O)NC(=O)[C@@H]2C[C@@H](O)CN2C(=O)[C@H](C(C)C)NC(=O)[C@H](Cc2ccc(O)cc2)NC(=O)[C@@H](C)NC(=O)[C@H]([C@@H](C)O)NC1=O. The number of rotatable bonds is 37. The normalized spacial score (nSPS) is 25.8. The van der Waals surface area contributed by atoms with Crippen LogP contribution in [-0.2, 0) is 78.3 Å². The fourth-order valence-electron chi connectivity index (χ4n) is 14.4. The minimum Gasteiger partial charge on any atom is -0.508 e. The lowest BCUT2D eigenvalue weighted by Crippen LogP contribution is -2.63. The maximum atomic E-state index is 15.1. The summed E-state index contributed by atoms with van der Waals surface area (Å²) in [6, 6.07) is -13.6. The monoisotopic (exact) mass is 1670 g/mol. The van der Waals surface area contributed by atoms with Crippen molar-refractivity contribution < 1.29 is 108 Å². The molecule has 18 atom stereocenters. The molecule has 668 valence electrons. The first-order chi connectivity index (χ1) is 55.9. The Morgan fingerprint density at radius 1 is 0.551 bits per heavy atom. The molecule has 40 nitrogen and oxygen atoms in total. The molecule has 0 unspecified atom stereocenters. The zero-order valence-corrected chi connectivity index (χ0v) is 69.3. The van der Waals surface area contributed by atoms with Gasteiger partial charge in [0, 0.05) is 65.2 Å². The minimum atomic E-state index is -2.24. The van der Waals surface area contributed by atoms with Crippen molar-refractivity contribution in [3.63, 3.8) is 0 Å². The third-order valence-electron chi connectivity index (χ3n) is 21.1. The first kappa shape index (κ1) is 102. The van der Waals surface area contributed by atoms with E-state index in [0.717, 1.165) is 81.9 Å². The average molecular weight is 1680 g/mol. The van der Waals surface area contributed by atoms with Crippen LogP contribution >= 0.6 is 0 Å². The quantitative estimate of drug-likeness (QED) is 0.0218. The van der Waals surface area contributed by atoms with Crippen LogP contribution in [0.25, 0.3) is 0 Å². The van der Waals surface area contributed by atoms with Crippen LogP contribution in [0.5, 0.6) is 5.75 Å². The van der Waals surface area contributed by atoms with Crippen LogP contribution in [0.4, 0.5) is 0 Å². The molecule has 0 saturated carbocycles. The molecule has 0 aromatic heterocycles. The second kappa shape index (κ2) is 52.3. The third kappa shape index (κ3) is 32.7. The Hall–Kier alpha value is -8.84. The van der Waals surface area contributed by atoms with Crippen molar-refractivity contribution in [2.75, 3.05) is 72.0 Å². The number of benzene rings is 1. The van der Waals surface area contributed by atoms with Crippen molar-refractivity contribution >= 4 is 82.8 Å². The number of unbranched alkanes of at least 4 members (excludes halogenated alkanes) is 10. The Kier molecular flexibility index (Phi) is 45.0. The van der Waals surface area contributed by atoms with E-state index in [0.29, 0.717) is 50.8 Å². The van der Waals surface area contributed by atoms with Gasteiger partial charge in [0.05, 0.1) is 55.6 Å². The van der Waals surface area contributed by atoms with E-state index in [4.69, 9.17) is 33.4 Å². The summed E-state index contributed by atoms with van der Waals surface area (Å²) in [5.74, 6) is -16.7. The van der Waals surface area contributed by atoms with Gasteiger partial charge in [-0.2, -0.15) is 0 Å². The molecule has 3 saturated heterocycles. The number of hydrogen-bond acceptors (Lipinski definition) is 27. The molecule has 0 spiro atoms. The van der Waals surface area contributed by atoms with E-state index in [1.807, 2.05) is 4.90 Å². The topological polar surface area (TPSA) is 641 Å². The third-order valence-corrected chi connectivity index (χ3v) is 21.1. The van der Waals surface area contributed by atoms with Gasteiger partial charge in [-0.3, -0.25) is 67.2 Å². The summed E-state index contributed by atoms with van der Waals surface area (Å²) in [6.45, 7) is 8.98. The molecule has 0 radical (unpaired) electrons. The highest BCUT2D eigenvalue weighted by atomic mass is 16.6. The molecule has 3 fully saturated rings. The summed E-state index contributed by atoms with van der Waals surface area (Å²) in [6.07, 6.45) is -4.61. The highest BCUT2D eigenvalue weighted by Crippen LogP contribution is 2.26. The number of nitrogens with zero attached hydrogens (tertiary/aromatic N) is 4. The maximum Gasteiger partial charge on any atom is 0.329 e. The van der Waals surface area contributed by atoms with Crippen molar-refractivity contribution in [1.82, 2.24) is 67.5 Å². The zero-order chi connectivity index (χ0) is 88.0. The first-order valence-electron chi connectivity index (χ1n) is 41.4. The number of amides is 13. The predicted octanol–water partition coefficient (Wildman–Crippen LogP) is -6.18. The average Bonchev–Trinajstić information content (AvgIpc) is 1.62. The van der Waals surface area contributed by atoms with E-state index in [-0.39, 0.29) is 89.5 Å². The van der Waals surface area contributed by atoms with Crippen molar-refractivity contribution in [2.24, 2.45) is 34.6 Å². The van der Waals surface area contributed by atoms with Gasteiger partial charge >= 0.3 is 5.97 Å². The maximum absolute atomic E-state index is 15.1. The van der Waals surface area contributed by atoms with E-state index in [1.54, 1.807) is 0 Å². The number of nitrogens with one attached hydrogen (secondary N) is 9. The molecule has 0 aliphatic carbocycles. The Bertz CT molecular complexity index is 3410. The second-order valence-corrected chi connectivity index (χ2v) is 31.3. The summed E-state index contributed by atoms with van der Waals surface area (Å²) < 4.78 is 6.06. The predicted molar refractivity (Wildman–Crippen MR) is 430 cm³/mol. The summed E-state index contributed by atoms with van der Waals surface area (Å²) in [5.41, 5.74) is 29.7. The number of carbonyl (C=O) groups excluding carboxylic acids is 14. The summed E-state index contributed by atoms with van der Waals surface area (Å²) in [7, 11) is 0. The summed E-state index contributed by atoms with van der Waals surface area (Å²) in [4.78, 5) is 207. The van der Waals surface area contributed by atoms with Gasteiger partial charge in [-0.15, -0.1) is 0 Å². The lowest BCUT2D eigenvalue weighted by molar-refractivity contribution is -0.160. The van der Waals surface area contributed by atoms with Crippen LogP contribution in [0.15, 0.2) is 24.3 Å². The smallest absolute Gasteiger partial charge is 0.329 e. The minimum absolute atomic E-state index is 0.0922. The molecule has 3 heterocycles. The number of aromatic hydroxyl groups is 1. The Balaban J connectivity index is 1.91. The highest BCUT2D eigenvalue weighted by molar-refractivity contribution is 6.00. The molecule has 40 heteroatoms. The number of nitrogens with two attached hydrogens (primary N) is 5. The van der Waals surface area contributed by atoms with E-state index in [9.17, 15) is 98.1 Å². The summed E-state index contributed by atoms with van der Waals surface area (Å²) in [5, 5.41) is 99.1. The van der Waals surface area contributed by atoms with Gasteiger partial charge in [-0.1, -0.05) is 97.1 Å². The lowest BCUT2D eigenvalue weighted by atomic mass is 9.99. The molecule has 13 amide bonds. The second-order valence-electron chi connectivity index (χ2n) is 31.3. The number of hydrogen-bond donors (Lipinski definition) is 21. The molecular formula is C78H134N18O22. The van der Waals surface area contributed by atoms with Crippen LogP contribution in [0.1, 0.15) is 182 Å². The molecule has 1 aromatic rings. The van der Waals surface area contributed by atoms with Crippen LogP contribution in [0, 0.1) is 5.92 Å². The number of esters is 1. The van der Waals surface area contributed by atoms with Crippen LogP contribution in [0.2, 0.25) is 0 Å². The van der Waals surface area contributed by atoms with Gasteiger partial charge in [0.2, 0.25) is 70.9 Å². The van der Waals surface area contributed by atoms with Crippen molar-refractivity contribution in [3.8, 4) is 5.75 Å². The zero-order valence-electron chi connectivity index (χ0n) is 69.3. The number of cyclic esters (lactones) is 1. The van der Waals surface area contributed by atoms with Gasteiger partial charge < -0.3 is 132 Å². The molecule has 4 rings (SSSR count). The van der Waals surface area contributed by atoms with E-state index >= 15 is 4.79 Å². The number of aliphatic hydroxyl groups excluding tert-OH is 6.